The van der Waals surface area contributed by atoms with Crippen molar-refractivity contribution in [3.05, 3.63) is 51.8 Å². The van der Waals surface area contributed by atoms with Gasteiger partial charge in [0.05, 0.1) is 10.0 Å². The Labute approximate surface area is 138 Å². The molecule has 1 atom stereocenters. The Bertz CT molecular complexity index is 658. The zero-order valence-electron chi connectivity index (χ0n) is 10.9. The molecule has 2 N–H and O–H groups in total. The van der Waals surface area contributed by atoms with Gasteiger partial charge in [0, 0.05) is 29.7 Å². The van der Waals surface area contributed by atoms with E-state index >= 15 is 0 Å². The van der Waals surface area contributed by atoms with Crippen LogP contribution in [0, 0.1) is 5.82 Å². The number of halogens is 4. The third-order valence-electron chi connectivity index (χ3n) is 3.36. The summed E-state index contributed by atoms with van der Waals surface area (Å²) in [5, 5.41) is 0.926. The number of benzene rings is 2. The molecule has 0 amide bonds. The van der Waals surface area contributed by atoms with Crippen LogP contribution in [0.3, 0.4) is 0 Å². The van der Waals surface area contributed by atoms with Crippen LogP contribution in [-0.2, 0) is 6.42 Å². The minimum atomic E-state index is -0.337. The number of hydrogen-bond acceptors (Lipinski definition) is 2. The summed E-state index contributed by atoms with van der Waals surface area (Å²) in [5.41, 5.74) is 7.59. The van der Waals surface area contributed by atoms with Gasteiger partial charge in [-0.3, -0.25) is 0 Å². The average Bonchev–Trinajstić information content (AvgIpc) is 2.81. The van der Waals surface area contributed by atoms with E-state index in [0.717, 1.165) is 5.56 Å². The third-order valence-corrected chi connectivity index (χ3v) is 3.99. The van der Waals surface area contributed by atoms with Crippen molar-refractivity contribution in [1.29, 1.82) is 0 Å². The molecule has 2 aromatic carbocycles. The fourth-order valence-corrected chi connectivity index (χ4v) is 3.07. The van der Waals surface area contributed by atoms with Crippen LogP contribution in [0.1, 0.15) is 5.56 Å². The molecule has 2 aromatic rings. The third kappa shape index (κ3) is 2.97. The molecule has 0 saturated heterocycles. The van der Waals surface area contributed by atoms with Crippen molar-refractivity contribution in [3.63, 3.8) is 0 Å². The molecule has 1 aliphatic rings. The van der Waals surface area contributed by atoms with Gasteiger partial charge in [-0.15, -0.1) is 12.4 Å². The summed E-state index contributed by atoms with van der Waals surface area (Å²) >= 11 is 12.4. The fraction of sp³-hybridized carbons (Fsp3) is 0.200. The van der Waals surface area contributed by atoms with Crippen molar-refractivity contribution in [2.45, 2.75) is 12.5 Å². The van der Waals surface area contributed by atoms with E-state index < -0.39 is 0 Å². The highest BCUT2D eigenvalue weighted by molar-refractivity contribution is 6.39. The highest BCUT2D eigenvalue weighted by Gasteiger charge is 2.27. The second-order valence-electron chi connectivity index (χ2n) is 4.72. The number of nitrogens with two attached hydrogens (primary N) is 1. The molecule has 1 aliphatic heterocycles. The largest absolute Gasteiger partial charge is 0.488 e. The molecule has 0 fully saturated rings. The van der Waals surface area contributed by atoms with Crippen LogP contribution in [-0.4, -0.2) is 12.6 Å². The quantitative estimate of drug-likeness (QED) is 0.868. The molecule has 0 radical (unpaired) electrons. The Morgan fingerprint density at radius 2 is 1.90 bits per heavy atom. The summed E-state index contributed by atoms with van der Waals surface area (Å²) in [5.74, 6) is 0.285. The smallest absolute Gasteiger partial charge is 0.131 e. The molecule has 0 aliphatic carbocycles. The second-order valence-corrected chi connectivity index (χ2v) is 5.53. The van der Waals surface area contributed by atoms with Crippen molar-refractivity contribution in [1.82, 2.24) is 0 Å². The predicted octanol–water partition coefficient (Wildman–Crippen LogP) is 4.48. The van der Waals surface area contributed by atoms with Crippen molar-refractivity contribution in [3.8, 4) is 16.9 Å². The molecule has 112 valence electrons. The molecular weight excluding hydrogens is 336 g/mol. The Kier molecular flexibility index (Phi) is 4.99. The van der Waals surface area contributed by atoms with Gasteiger partial charge in [0.1, 0.15) is 17.7 Å². The van der Waals surface area contributed by atoms with Crippen LogP contribution >= 0.6 is 35.6 Å². The first-order valence-electron chi connectivity index (χ1n) is 6.23. The first kappa shape index (κ1) is 16.4. The summed E-state index contributed by atoms with van der Waals surface area (Å²) in [4.78, 5) is 0. The Morgan fingerprint density at radius 3 is 2.52 bits per heavy atom. The lowest BCUT2D eigenvalue weighted by Gasteiger charge is -2.13. The summed E-state index contributed by atoms with van der Waals surface area (Å²) in [6, 6.07) is 8.05. The van der Waals surface area contributed by atoms with E-state index in [1.807, 2.05) is 0 Å². The van der Waals surface area contributed by atoms with Gasteiger partial charge in [-0.25, -0.2) is 4.39 Å². The van der Waals surface area contributed by atoms with Crippen LogP contribution in [0.5, 0.6) is 5.75 Å². The first-order chi connectivity index (χ1) is 9.60. The van der Waals surface area contributed by atoms with E-state index in [0.29, 0.717) is 39.9 Å². The van der Waals surface area contributed by atoms with Crippen LogP contribution in [0.4, 0.5) is 4.39 Å². The maximum atomic E-state index is 13.8. The minimum absolute atomic E-state index is 0. The minimum Gasteiger partial charge on any atom is -0.488 e. The Morgan fingerprint density at radius 1 is 1.24 bits per heavy atom. The lowest BCUT2D eigenvalue weighted by atomic mass is 10.00. The molecule has 0 bridgehead atoms. The molecule has 0 aromatic heterocycles. The molecule has 0 spiro atoms. The summed E-state index contributed by atoms with van der Waals surface area (Å²) in [7, 11) is 0. The number of rotatable bonds is 2. The highest BCUT2D eigenvalue weighted by Crippen LogP contribution is 2.44. The fourth-order valence-electron chi connectivity index (χ4n) is 2.47. The molecule has 1 heterocycles. The van der Waals surface area contributed by atoms with Gasteiger partial charge in [-0.2, -0.15) is 0 Å². The van der Waals surface area contributed by atoms with Crippen molar-refractivity contribution in [2.24, 2.45) is 5.73 Å². The van der Waals surface area contributed by atoms with Gasteiger partial charge in [0.2, 0.25) is 0 Å². The molecule has 0 unspecified atom stereocenters. The van der Waals surface area contributed by atoms with Gasteiger partial charge < -0.3 is 10.5 Å². The van der Waals surface area contributed by atoms with Gasteiger partial charge >= 0.3 is 0 Å². The monoisotopic (exact) mass is 347 g/mol. The highest BCUT2D eigenvalue weighted by atomic mass is 35.5. The van der Waals surface area contributed by atoms with E-state index in [1.165, 1.54) is 12.1 Å². The van der Waals surface area contributed by atoms with E-state index in [9.17, 15) is 4.39 Å². The van der Waals surface area contributed by atoms with E-state index in [4.69, 9.17) is 33.7 Å². The van der Waals surface area contributed by atoms with Crippen LogP contribution < -0.4 is 10.5 Å². The van der Waals surface area contributed by atoms with Crippen molar-refractivity contribution in [2.75, 3.05) is 6.54 Å². The molecule has 21 heavy (non-hydrogen) atoms. The van der Waals surface area contributed by atoms with E-state index in [1.54, 1.807) is 18.2 Å². The number of hydrogen-bond donors (Lipinski definition) is 1. The van der Waals surface area contributed by atoms with E-state index in [2.05, 4.69) is 0 Å². The van der Waals surface area contributed by atoms with Crippen molar-refractivity contribution < 1.29 is 9.13 Å². The topological polar surface area (TPSA) is 35.2 Å². The zero-order chi connectivity index (χ0) is 14.3. The average molecular weight is 349 g/mol. The van der Waals surface area contributed by atoms with E-state index in [-0.39, 0.29) is 24.3 Å². The second kappa shape index (κ2) is 6.41. The number of fused-ring (bicyclic) bond motifs is 1. The van der Waals surface area contributed by atoms with Gasteiger partial charge in [0.25, 0.3) is 0 Å². The molecular formula is C15H13Cl3FNO. The van der Waals surface area contributed by atoms with Crippen molar-refractivity contribution >= 4 is 35.6 Å². The predicted molar refractivity (Wildman–Crippen MR) is 86.3 cm³/mol. The van der Waals surface area contributed by atoms with Gasteiger partial charge in [-0.05, 0) is 24.3 Å². The van der Waals surface area contributed by atoms with Crippen LogP contribution in [0.15, 0.2) is 30.3 Å². The SMILES string of the molecule is Cl.NC[C@H]1Cc2cc(F)cc(-c3c(Cl)cccc3Cl)c2O1. The lowest BCUT2D eigenvalue weighted by molar-refractivity contribution is 0.242. The molecule has 2 nitrogen and oxygen atoms in total. The zero-order valence-corrected chi connectivity index (χ0v) is 13.2. The molecule has 6 heteroatoms. The first-order valence-corrected chi connectivity index (χ1v) is 6.99. The lowest BCUT2D eigenvalue weighted by Crippen LogP contribution is -2.24. The summed E-state index contributed by atoms with van der Waals surface area (Å²) < 4.78 is 19.6. The Hall–Kier alpha value is -1.00. The molecule has 3 rings (SSSR count). The van der Waals surface area contributed by atoms with Gasteiger partial charge in [0.15, 0.2) is 0 Å². The normalized spacial score (nSPS) is 16.1. The van der Waals surface area contributed by atoms with Gasteiger partial charge in [-0.1, -0.05) is 29.3 Å². The molecule has 0 saturated carbocycles. The summed E-state index contributed by atoms with van der Waals surface area (Å²) in [6.07, 6.45) is 0.463. The standard InChI is InChI=1S/C15H12Cl2FNO.ClH/c16-12-2-1-3-13(17)14(12)11-6-9(18)4-8-5-10(7-19)20-15(8)11;/h1-4,6,10H,5,7,19H2;1H/t10-;/m1./s1. The van der Waals surface area contributed by atoms with Crippen LogP contribution in [0.25, 0.3) is 11.1 Å². The maximum absolute atomic E-state index is 13.8. The summed E-state index contributed by atoms with van der Waals surface area (Å²) in [6.45, 7) is 0.381. The maximum Gasteiger partial charge on any atom is 0.131 e. The number of ether oxygens (including phenoxy) is 1. The Balaban J connectivity index is 0.00000161. The van der Waals surface area contributed by atoms with Crippen LogP contribution in [0.2, 0.25) is 10.0 Å².